The number of likely N-dealkylation sites (N-methyl/N-ethyl adjacent to an activating group) is 1. The molecule has 0 radical (unpaired) electrons. The van der Waals surface area contributed by atoms with E-state index in [-0.39, 0.29) is 17.7 Å². The number of carbonyl (C=O) groups excluding carboxylic acids is 2. The number of carbonyl (C=O) groups is 2. The van der Waals surface area contributed by atoms with Crippen LogP contribution in [0.3, 0.4) is 0 Å². The summed E-state index contributed by atoms with van der Waals surface area (Å²) in [5, 5.41) is 7.03. The molecule has 1 atom stereocenters. The second-order valence-corrected chi connectivity index (χ2v) is 8.55. The number of aryl methyl sites for hydroxylation is 1. The van der Waals surface area contributed by atoms with Gasteiger partial charge in [-0.15, -0.1) is 5.10 Å². The number of nitrogens with one attached hydrogen (secondary N) is 1. The first-order valence-electron chi connectivity index (χ1n) is 10.2. The lowest BCUT2D eigenvalue weighted by atomic mass is 10.1. The predicted molar refractivity (Wildman–Crippen MR) is 116 cm³/mol. The summed E-state index contributed by atoms with van der Waals surface area (Å²) in [5.74, 6) is 0.748. The number of hydrogen-bond acceptors (Lipinski definition) is 7. The lowest BCUT2D eigenvalue weighted by Crippen LogP contribution is -2.59. The minimum atomic E-state index is -0.399. The molecule has 0 unspecified atom stereocenters. The van der Waals surface area contributed by atoms with E-state index in [2.05, 4.69) is 14.9 Å². The van der Waals surface area contributed by atoms with Crippen molar-refractivity contribution >= 4 is 23.3 Å². The number of nitrogens with zero attached hydrogens (tertiary/aromatic N) is 4. The van der Waals surface area contributed by atoms with Crippen LogP contribution in [0.4, 0.5) is 0 Å². The molecule has 2 heterocycles. The summed E-state index contributed by atoms with van der Waals surface area (Å²) in [4.78, 5) is 30.0. The minimum absolute atomic E-state index is 0.0949. The van der Waals surface area contributed by atoms with Crippen LogP contribution < -0.4 is 10.1 Å². The van der Waals surface area contributed by atoms with Crippen molar-refractivity contribution in [1.82, 2.24) is 24.7 Å². The minimum Gasteiger partial charge on any atom is -0.491 e. The van der Waals surface area contributed by atoms with E-state index < -0.39 is 6.04 Å². The van der Waals surface area contributed by atoms with Crippen molar-refractivity contribution in [2.45, 2.75) is 32.7 Å². The zero-order valence-electron chi connectivity index (χ0n) is 17.9. The van der Waals surface area contributed by atoms with Crippen molar-refractivity contribution < 1.29 is 14.3 Å². The van der Waals surface area contributed by atoms with Gasteiger partial charge in [-0.25, -0.2) is 0 Å². The van der Waals surface area contributed by atoms with Gasteiger partial charge in [0.25, 0.3) is 5.91 Å². The van der Waals surface area contributed by atoms with Gasteiger partial charge in [0.1, 0.15) is 23.3 Å². The van der Waals surface area contributed by atoms with Crippen LogP contribution in [0.1, 0.15) is 40.7 Å². The summed E-state index contributed by atoms with van der Waals surface area (Å²) in [6, 6.07) is 7.38. The number of rotatable bonds is 7. The van der Waals surface area contributed by atoms with Gasteiger partial charge in [0.2, 0.25) is 5.91 Å². The molecule has 8 nitrogen and oxygen atoms in total. The maximum absolute atomic E-state index is 13.0. The Labute approximate surface area is 181 Å². The maximum Gasteiger partial charge on any atom is 0.267 e. The highest BCUT2D eigenvalue weighted by atomic mass is 32.1. The van der Waals surface area contributed by atoms with Crippen LogP contribution in [0, 0.1) is 6.92 Å². The number of piperazine rings is 1. The number of ether oxygens (including phenoxy) is 1. The largest absolute Gasteiger partial charge is 0.491 e. The van der Waals surface area contributed by atoms with E-state index in [0.717, 1.165) is 28.5 Å². The zero-order chi connectivity index (χ0) is 21.7. The van der Waals surface area contributed by atoms with E-state index in [1.165, 1.54) is 0 Å². The number of hydrogen-bond donors (Lipinski definition) is 1. The van der Waals surface area contributed by atoms with Crippen LogP contribution in [0.15, 0.2) is 24.3 Å². The van der Waals surface area contributed by atoms with Gasteiger partial charge in [0.15, 0.2) is 0 Å². The maximum atomic E-state index is 13.0. The highest BCUT2D eigenvalue weighted by Gasteiger charge is 2.34. The Morgan fingerprint density at radius 1 is 1.30 bits per heavy atom. The van der Waals surface area contributed by atoms with Gasteiger partial charge >= 0.3 is 0 Å². The van der Waals surface area contributed by atoms with Crippen molar-refractivity contribution in [3.63, 3.8) is 0 Å². The van der Waals surface area contributed by atoms with E-state index in [1.807, 2.05) is 57.0 Å². The summed E-state index contributed by atoms with van der Waals surface area (Å²) >= 11 is 1.12. The summed E-state index contributed by atoms with van der Waals surface area (Å²) < 4.78 is 9.69. The van der Waals surface area contributed by atoms with Gasteiger partial charge in [-0.2, -0.15) is 0 Å². The third-order valence-electron chi connectivity index (χ3n) is 5.24. The van der Waals surface area contributed by atoms with Crippen LogP contribution >= 0.6 is 11.5 Å². The molecule has 2 aromatic rings. The third kappa shape index (κ3) is 5.14. The second kappa shape index (κ2) is 9.99. The van der Waals surface area contributed by atoms with E-state index in [0.29, 0.717) is 37.7 Å². The highest BCUT2D eigenvalue weighted by Crippen LogP contribution is 2.22. The van der Waals surface area contributed by atoms with Crippen LogP contribution in [0.5, 0.6) is 5.75 Å². The summed E-state index contributed by atoms with van der Waals surface area (Å²) in [6.07, 6.45) is 0. The van der Waals surface area contributed by atoms with E-state index in [9.17, 15) is 9.59 Å². The Hall–Kier alpha value is -2.52. The average molecular weight is 432 g/mol. The summed E-state index contributed by atoms with van der Waals surface area (Å²) in [7, 11) is 1.91. The molecule has 0 saturated carbocycles. The van der Waals surface area contributed by atoms with Gasteiger partial charge in [-0.3, -0.25) is 14.5 Å². The summed E-state index contributed by atoms with van der Waals surface area (Å²) in [6.45, 7) is 8.31. The molecule has 0 aliphatic carbocycles. The molecule has 1 aliphatic rings. The van der Waals surface area contributed by atoms with Crippen molar-refractivity contribution in [2.75, 3.05) is 39.8 Å². The number of benzene rings is 1. The Morgan fingerprint density at radius 3 is 2.80 bits per heavy atom. The molecule has 2 amide bonds. The predicted octanol–water partition coefficient (Wildman–Crippen LogP) is 1.92. The Morgan fingerprint density at radius 2 is 2.07 bits per heavy atom. The van der Waals surface area contributed by atoms with Crippen molar-refractivity contribution in [1.29, 1.82) is 0 Å². The van der Waals surface area contributed by atoms with Crippen LogP contribution in [-0.4, -0.2) is 77.1 Å². The smallest absolute Gasteiger partial charge is 0.267 e. The first-order valence-corrected chi connectivity index (χ1v) is 10.9. The Balaban J connectivity index is 1.54. The first kappa shape index (κ1) is 22.2. The normalized spacial score (nSPS) is 17.2. The molecule has 30 heavy (non-hydrogen) atoms. The van der Waals surface area contributed by atoms with Gasteiger partial charge in [-0.05, 0) is 43.1 Å². The highest BCUT2D eigenvalue weighted by molar-refractivity contribution is 7.08. The molecular formula is C21H29N5O3S. The molecule has 3 rings (SSSR count). The second-order valence-electron chi connectivity index (χ2n) is 7.79. The fraction of sp³-hybridized carbons (Fsp3) is 0.524. The quantitative estimate of drug-likeness (QED) is 0.674. The van der Waals surface area contributed by atoms with E-state index in [4.69, 9.17) is 4.74 Å². The van der Waals surface area contributed by atoms with Gasteiger partial charge < -0.3 is 15.0 Å². The molecule has 0 bridgehead atoms. The monoisotopic (exact) mass is 431 g/mol. The Bertz CT molecular complexity index is 885. The fourth-order valence-corrected chi connectivity index (χ4v) is 4.17. The molecule has 9 heteroatoms. The number of aromatic nitrogens is 2. The van der Waals surface area contributed by atoms with Crippen molar-refractivity contribution in [2.24, 2.45) is 0 Å². The molecule has 1 fully saturated rings. The fourth-order valence-electron chi connectivity index (χ4n) is 3.38. The van der Waals surface area contributed by atoms with Gasteiger partial charge in [0.05, 0.1) is 12.2 Å². The first-order chi connectivity index (χ1) is 14.4. The molecule has 0 spiro atoms. The third-order valence-corrected chi connectivity index (χ3v) is 5.97. The van der Waals surface area contributed by atoms with Crippen molar-refractivity contribution in [3.05, 3.63) is 40.4 Å². The zero-order valence-corrected chi connectivity index (χ0v) is 18.7. The molecule has 1 aliphatic heterocycles. The molecular weight excluding hydrogens is 402 g/mol. The van der Waals surface area contributed by atoms with Crippen LogP contribution in [0.2, 0.25) is 0 Å². The standard InChI is InChI=1S/C21H29N5O3S/c1-14(2)18-19(30-24-23-18)21(28)26-11-10-25(4)16(13-26)20(27)22-9-12-29-17-8-6-5-7-15(17)3/h5-8,14,16H,9-13H2,1-4H3,(H,22,27)/t16-/m0/s1. The van der Waals surface area contributed by atoms with Crippen LogP contribution in [-0.2, 0) is 4.79 Å². The SMILES string of the molecule is Cc1ccccc1OCCNC(=O)[C@@H]1CN(C(=O)c2snnc2C(C)C)CCN1C. The number of amides is 2. The molecule has 1 saturated heterocycles. The lowest BCUT2D eigenvalue weighted by Gasteiger charge is -2.38. The van der Waals surface area contributed by atoms with E-state index in [1.54, 1.807) is 4.90 Å². The average Bonchev–Trinajstić information content (AvgIpc) is 3.22. The van der Waals surface area contributed by atoms with Gasteiger partial charge in [0, 0.05) is 19.6 Å². The van der Waals surface area contributed by atoms with Crippen molar-refractivity contribution in [3.8, 4) is 5.75 Å². The molecule has 1 aromatic heterocycles. The topological polar surface area (TPSA) is 87.7 Å². The Kier molecular flexibility index (Phi) is 7.38. The summed E-state index contributed by atoms with van der Waals surface area (Å²) in [5.41, 5.74) is 1.78. The lowest BCUT2D eigenvalue weighted by molar-refractivity contribution is -0.127. The van der Waals surface area contributed by atoms with Crippen LogP contribution in [0.25, 0.3) is 0 Å². The van der Waals surface area contributed by atoms with Gasteiger partial charge in [-0.1, -0.05) is 36.5 Å². The molecule has 162 valence electrons. The molecule has 1 aromatic carbocycles. The van der Waals surface area contributed by atoms with E-state index >= 15 is 0 Å². The number of para-hydroxylation sites is 1. The molecule has 1 N–H and O–H groups in total.